The number of aromatic nitrogens is 1. The van der Waals surface area contributed by atoms with Crippen LogP contribution in [0.4, 0.5) is 0 Å². The third-order valence-corrected chi connectivity index (χ3v) is 1.51. The minimum atomic E-state index is 0. The highest BCUT2D eigenvalue weighted by Crippen LogP contribution is 2.07. The minimum Gasteiger partial charge on any atom is -0.400 e. The first kappa shape index (κ1) is 15.0. The summed E-state index contributed by atoms with van der Waals surface area (Å²) in [5.74, 6) is 0. The van der Waals surface area contributed by atoms with Crippen molar-refractivity contribution in [2.24, 2.45) is 0 Å². The Bertz CT molecular complexity index is 286. The summed E-state index contributed by atoms with van der Waals surface area (Å²) in [5, 5.41) is 8.20. The van der Waals surface area contributed by atoms with Gasteiger partial charge in [-0.1, -0.05) is 24.3 Å². The fraction of sp³-hybridized carbons (Fsp3) is 0.100. The maximum atomic E-state index is 7.00. The van der Waals surface area contributed by atoms with Crippen molar-refractivity contribution >= 4 is 10.9 Å². The number of rotatable bonds is 0. The molecule has 0 aliphatic heterocycles. The van der Waals surface area contributed by atoms with Gasteiger partial charge in [-0.15, -0.1) is 0 Å². The van der Waals surface area contributed by atoms with E-state index in [2.05, 4.69) is 17.1 Å². The fourth-order valence-electron chi connectivity index (χ4n) is 1.02. The Morgan fingerprint density at radius 3 is 2.14 bits per heavy atom. The molecule has 2 aromatic rings. The Labute approximate surface area is 83.8 Å². The highest BCUT2D eigenvalue weighted by molar-refractivity contribution is 5.77. The summed E-state index contributed by atoms with van der Waals surface area (Å²) in [6, 6.07) is 12.1. The van der Waals surface area contributed by atoms with Gasteiger partial charge in [0.2, 0.25) is 0 Å². The molecule has 14 heavy (non-hydrogen) atoms. The van der Waals surface area contributed by atoms with E-state index in [-0.39, 0.29) is 12.3 Å². The Morgan fingerprint density at radius 1 is 0.929 bits per heavy atom. The molecule has 1 aromatic heterocycles. The number of aliphatic hydroxyl groups is 1. The van der Waals surface area contributed by atoms with Crippen LogP contribution in [0.25, 0.3) is 10.9 Å². The molecule has 1 aromatic carbocycles. The molecule has 0 fully saturated rings. The summed E-state index contributed by atoms with van der Waals surface area (Å²) in [6.45, 7) is 0. The van der Waals surface area contributed by atoms with Crippen molar-refractivity contribution in [2.45, 2.75) is 0 Å². The number of hydrogen-bond acceptors (Lipinski definition) is 4. The molecule has 0 unspecified atom stereocenters. The lowest BCUT2D eigenvalue weighted by molar-refractivity contribution is 0.399. The van der Waals surface area contributed by atoms with Crippen molar-refractivity contribution < 1.29 is 5.11 Å². The molecule has 0 spiro atoms. The van der Waals surface area contributed by atoms with Crippen molar-refractivity contribution in [3.8, 4) is 0 Å². The zero-order valence-electron chi connectivity index (χ0n) is 8.35. The van der Waals surface area contributed by atoms with Gasteiger partial charge < -0.3 is 17.4 Å². The second kappa shape index (κ2) is 8.12. The number of aliphatic hydroxyl groups excluding tert-OH is 1. The van der Waals surface area contributed by atoms with Gasteiger partial charge in [0.15, 0.2) is 0 Å². The Hall–Kier alpha value is -1.49. The van der Waals surface area contributed by atoms with Gasteiger partial charge in [0.05, 0.1) is 5.52 Å². The normalized spacial score (nSPS) is 7.57. The lowest BCUT2D eigenvalue weighted by Crippen LogP contribution is -1.73. The van der Waals surface area contributed by atoms with E-state index in [0.29, 0.717) is 0 Å². The summed E-state index contributed by atoms with van der Waals surface area (Å²) in [6.07, 6.45) is 1.81. The van der Waals surface area contributed by atoms with Crippen LogP contribution in [0.3, 0.4) is 0 Å². The van der Waals surface area contributed by atoms with Crippen LogP contribution in [0.15, 0.2) is 42.6 Å². The van der Waals surface area contributed by atoms with Crippen molar-refractivity contribution in [3.05, 3.63) is 42.6 Å². The van der Waals surface area contributed by atoms with E-state index in [4.69, 9.17) is 5.11 Å². The standard InChI is InChI=1S/C9H7N.CH4O.2H3N/c1-2-6-9-8(4-1)5-3-7-10-9;1-2;;/h1-7H;2H,1H3;2*1H3. The largest absolute Gasteiger partial charge is 0.400 e. The van der Waals surface area contributed by atoms with Crippen LogP contribution in [-0.2, 0) is 0 Å². The fourth-order valence-corrected chi connectivity index (χ4v) is 1.02. The van der Waals surface area contributed by atoms with Gasteiger partial charge in [0.1, 0.15) is 0 Å². The third-order valence-electron chi connectivity index (χ3n) is 1.51. The van der Waals surface area contributed by atoms with Gasteiger partial charge >= 0.3 is 0 Å². The molecule has 0 bridgehead atoms. The smallest absolute Gasteiger partial charge is 0.0701 e. The predicted octanol–water partition coefficient (Wildman–Crippen LogP) is 2.17. The van der Waals surface area contributed by atoms with Crippen molar-refractivity contribution in [1.82, 2.24) is 17.3 Å². The lowest BCUT2D eigenvalue weighted by Gasteiger charge is -1.91. The van der Waals surface area contributed by atoms with Crippen LogP contribution in [-0.4, -0.2) is 17.2 Å². The molecule has 0 radical (unpaired) electrons. The van der Waals surface area contributed by atoms with Gasteiger partial charge in [-0.3, -0.25) is 4.98 Å². The van der Waals surface area contributed by atoms with Gasteiger partial charge in [0, 0.05) is 18.7 Å². The topological polar surface area (TPSA) is 103 Å². The van der Waals surface area contributed by atoms with E-state index >= 15 is 0 Å². The number of fused-ring (bicyclic) bond motifs is 1. The number of benzene rings is 1. The average Bonchev–Trinajstić information content (AvgIpc) is 2.21. The molecule has 1 heterocycles. The van der Waals surface area contributed by atoms with E-state index in [9.17, 15) is 0 Å². The molecule has 78 valence electrons. The first-order chi connectivity index (χ1) is 5.97. The molecule has 2 rings (SSSR count). The van der Waals surface area contributed by atoms with Gasteiger partial charge in [-0.05, 0) is 12.1 Å². The molecule has 0 aliphatic carbocycles. The predicted molar refractivity (Wildman–Crippen MR) is 59.9 cm³/mol. The van der Waals surface area contributed by atoms with E-state index < -0.39 is 0 Å². The van der Waals surface area contributed by atoms with Crippen molar-refractivity contribution in [3.63, 3.8) is 0 Å². The van der Waals surface area contributed by atoms with Crippen LogP contribution < -0.4 is 12.3 Å². The second-order valence-electron chi connectivity index (χ2n) is 2.20. The van der Waals surface area contributed by atoms with Gasteiger partial charge in [-0.2, -0.15) is 0 Å². The van der Waals surface area contributed by atoms with E-state index in [1.165, 1.54) is 5.39 Å². The van der Waals surface area contributed by atoms with E-state index in [1.807, 2.05) is 30.5 Å². The summed E-state index contributed by atoms with van der Waals surface area (Å²) in [4.78, 5) is 4.18. The van der Waals surface area contributed by atoms with Gasteiger partial charge in [-0.25, -0.2) is 0 Å². The number of para-hydroxylation sites is 1. The van der Waals surface area contributed by atoms with Crippen LogP contribution in [0, 0.1) is 0 Å². The molecule has 0 aliphatic rings. The zero-order valence-corrected chi connectivity index (χ0v) is 8.35. The molecule has 7 N–H and O–H groups in total. The monoisotopic (exact) mass is 195 g/mol. The number of nitrogens with zero attached hydrogens (tertiary/aromatic N) is 1. The molecule has 0 amide bonds. The van der Waals surface area contributed by atoms with Crippen LogP contribution in [0.1, 0.15) is 0 Å². The van der Waals surface area contributed by atoms with Gasteiger partial charge in [0.25, 0.3) is 0 Å². The molecule has 0 saturated heterocycles. The van der Waals surface area contributed by atoms with Crippen LogP contribution in [0.2, 0.25) is 0 Å². The second-order valence-corrected chi connectivity index (χ2v) is 2.20. The maximum absolute atomic E-state index is 7.00. The third kappa shape index (κ3) is 3.49. The minimum absolute atomic E-state index is 0. The summed E-state index contributed by atoms with van der Waals surface area (Å²) < 4.78 is 0. The average molecular weight is 195 g/mol. The Balaban J connectivity index is 0. The van der Waals surface area contributed by atoms with E-state index in [1.54, 1.807) is 0 Å². The molecule has 4 nitrogen and oxygen atoms in total. The van der Waals surface area contributed by atoms with Crippen LogP contribution in [0.5, 0.6) is 0 Å². The summed E-state index contributed by atoms with van der Waals surface area (Å²) in [5.41, 5.74) is 1.06. The van der Waals surface area contributed by atoms with Crippen molar-refractivity contribution in [1.29, 1.82) is 0 Å². The first-order valence-corrected chi connectivity index (χ1v) is 3.71. The maximum Gasteiger partial charge on any atom is 0.0701 e. The van der Waals surface area contributed by atoms with Crippen molar-refractivity contribution in [2.75, 3.05) is 7.11 Å². The highest BCUT2D eigenvalue weighted by Gasteiger charge is 1.86. The van der Waals surface area contributed by atoms with E-state index in [0.717, 1.165) is 12.6 Å². The molecule has 0 saturated carbocycles. The quantitative estimate of drug-likeness (QED) is 0.599. The first-order valence-electron chi connectivity index (χ1n) is 3.71. The van der Waals surface area contributed by atoms with Crippen LogP contribution >= 0.6 is 0 Å². The molecule has 0 atom stereocenters. The summed E-state index contributed by atoms with van der Waals surface area (Å²) >= 11 is 0. The zero-order chi connectivity index (χ0) is 8.81. The molecular weight excluding hydrogens is 178 g/mol. The Morgan fingerprint density at radius 2 is 1.50 bits per heavy atom. The highest BCUT2D eigenvalue weighted by atomic mass is 16.2. The number of hydrogen-bond donors (Lipinski definition) is 3. The lowest BCUT2D eigenvalue weighted by atomic mass is 10.2. The summed E-state index contributed by atoms with van der Waals surface area (Å²) in [7, 11) is 1.00. The SMILES string of the molecule is CO.N.N.c1ccc2ncccc2c1. The molecular formula is C10H17N3O. The molecule has 4 heteroatoms. The Kier molecular flexibility index (Phi) is 8.71. The number of pyridine rings is 1.